The number of fused-ring (bicyclic) bond motifs is 1. The van der Waals surface area contributed by atoms with E-state index < -0.39 is 12.7 Å². The van der Waals surface area contributed by atoms with Gasteiger partial charge in [-0.3, -0.25) is 14.3 Å². The molecule has 0 spiro atoms. The van der Waals surface area contributed by atoms with E-state index in [1.54, 1.807) is 42.5 Å². The van der Waals surface area contributed by atoms with Crippen LogP contribution in [0, 0.1) is 0 Å². The number of carbonyl (C=O) groups excluding carboxylic acids is 1. The average molecular weight is 387 g/mol. The van der Waals surface area contributed by atoms with E-state index in [0.29, 0.717) is 22.9 Å². The molecule has 2 aromatic carbocycles. The molecule has 1 unspecified atom stereocenters. The third-order valence-corrected chi connectivity index (χ3v) is 4.31. The zero-order valence-electron chi connectivity index (χ0n) is 15.1. The van der Waals surface area contributed by atoms with Crippen molar-refractivity contribution >= 4 is 16.8 Å². The van der Waals surface area contributed by atoms with Crippen LogP contribution in [0.25, 0.3) is 10.9 Å². The molecular formula is C20H19F2N3O3. The zero-order chi connectivity index (χ0) is 20.1. The molecule has 1 heterocycles. The number of benzene rings is 2. The summed E-state index contributed by atoms with van der Waals surface area (Å²) < 4.78 is 31.3. The van der Waals surface area contributed by atoms with Crippen LogP contribution in [0.3, 0.4) is 0 Å². The first-order valence-corrected chi connectivity index (χ1v) is 8.77. The maximum absolute atomic E-state index is 12.7. The quantitative estimate of drug-likeness (QED) is 0.675. The Balaban J connectivity index is 1.81. The molecule has 1 aromatic heterocycles. The molecule has 0 saturated carbocycles. The fraction of sp³-hybridized carbons (Fsp3) is 0.250. The third kappa shape index (κ3) is 4.33. The molecule has 0 aliphatic heterocycles. The van der Waals surface area contributed by atoms with E-state index in [0.717, 1.165) is 0 Å². The molecule has 6 nitrogen and oxygen atoms in total. The molecule has 0 aliphatic carbocycles. The summed E-state index contributed by atoms with van der Waals surface area (Å²) in [6, 6.07) is 12.7. The number of rotatable bonds is 7. The molecule has 3 aromatic rings. The molecule has 0 radical (unpaired) electrons. The van der Waals surface area contributed by atoms with Crippen molar-refractivity contribution in [3.8, 4) is 5.75 Å². The van der Waals surface area contributed by atoms with Gasteiger partial charge in [-0.2, -0.15) is 13.9 Å². The SMILES string of the molecule is CCC(NC(=O)Cn1ncc(=O)c2ccccc21)c1ccccc1OC(F)F. The average Bonchev–Trinajstić information content (AvgIpc) is 2.69. The number of halogens is 2. The third-order valence-electron chi connectivity index (χ3n) is 4.31. The summed E-state index contributed by atoms with van der Waals surface area (Å²) in [4.78, 5) is 24.5. The second-order valence-corrected chi connectivity index (χ2v) is 6.13. The van der Waals surface area contributed by atoms with Crippen molar-refractivity contribution in [1.82, 2.24) is 15.1 Å². The van der Waals surface area contributed by atoms with E-state index in [1.807, 2.05) is 6.92 Å². The highest BCUT2D eigenvalue weighted by atomic mass is 19.3. The zero-order valence-corrected chi connectivity index (χ0v) is 15.1. The van der Waals surface area contributed by atoms with Crippen LogP contribution in [0.2, 0.25) is 0 Å². The second-order valence-electron chi connectivity index (χ2n) is 6.13. The molecule has 1 N–H and O–H groups in total. The minimum Gasteiger partial charge on any atom is -0.434 e. The normalized spacial score (nSPS) is 12.1. The second kappa shape index (κ2) is 8.60. The van der Waals surface area contributed by atoms with Crippen LogP contribution in [0.5, 0.6) is 5.75 Å². The summed E-state index contributed by atoms with van der Waals surface area (Å²) in [5.74, 6) is -0.336. The Kier molecular flexibility index (Phi) is 5.98. The van der Waals surface area contributed by atoms with Crippen LogP contribution in [-0.4, -0.2) is 22.3 Å². The summed E-state index contributed by atoms with van der Waals surface area (Å²) in [6.45, 7) is -1.24. The number of alkyl halides is 2. The molecular weight excluding hydrogens is 368 g/mol. The largest absolute Gasteiger partial charge is 0.434 e. The van der Waals surface area contributed by atoms with Crippen LogP contribution >= 0.6 is 0 Å². The molecule has 1 atom stereocenters. The smallest absolute Gasteiger partial charge is 0.387 e. The topological polar surface area (TPSA) is 73.2 Å². The first-order chi connectivity index (χ1) is 13.5. The summed E-state index contributed by atoms with van der Waals surface area (Å²) in [5.41, 5.74) is 0.785. The maximum atomic E-state index is 12.7. The standard InChI is InChI=1S/C20H19F2N3O3/c1-2-15(13-7-4-6-10-18(13)28-20(21)22)24-19(27)12-25-16-9-5-3-8-14(16)17(26)11-23-25/h3-11,15,20H,2,12H2,1H3,(H,24,27). The molecule has 0 fully saturated rings. The highest BCUT2D eigenvalue weighted by molar-refractivity contribution is 5.81. The van der Waals surface area contributed by atoms with Crippen molar-refractivity contribution in [2.75, 3.05) is 0 Å². The first-order valence-electron chi connectivity index (χ1n) is 8.77. The van der Waals surface area contributed by atoms with Gasteiger partial charge in [0.05, 0.1) is 17.8 Å². The molecule has 28 heavy (non-hydrogen) atoms. The van der Waals surface area contributed by atoms with Crippen molar-refractivity contribution in [2.45, 2.75) is 32.5 Å². The number of hydrogen-bond donors (Lipinski definition) is 1. The van der Waals surface area contributed by atoms with E-state index >= 15 is 0 Å². The maximum Gasteiger partial charge on any atom is 0.387 e. The van der Waals surface area contributed by atoms with E-state index in [2.05, 4.69) is 15.2 Å². The van der Waals surface area contributed by atoms with Crippen LogP contribution in [-0.2, 0) is 11.3 Å². The van der Waals surface area contributed by atoms with E-state index in [4.69, 9.17) is 0 Å². The summed E-state index contributed by atoms with van der Waals surface area (Å²) in [6.07, 6.45) is 1.65. The van der Waals surface area contributed by atoms with Crippen LogP contribution in [0.4, 0.5) is 8.78 Å². The number of carbonyl (C=O) groups is 1. The van der Waals surface area contributed by atoms with E-state index in [-0.39, 0.29) is 23.6 Å². The molecule has 3 rings (SSSR count). The van der Waals surface area contributed by atoms with Gasteiger partial charge in [0.2, 0.25) is 11.3 Å². The van der Waals surface area contributed by atoms with Crippen LogP contribution < -0.4 is 15.5 Å². The van der Waals surface area contributed by atoms with Gasteiger partial charge >= 0.3 is 6.61 Å². The lowest BCUT2D eigenvalue weighted by atomic mass is 10.0. The Labute approximate surface area is 159 Å². The Hall–Kier alpha value is -3.29. The number of amides is 1. The minimum atomic E-state index is -2.95. The number of para-hydroxylation sites is 2. The van der Waals surface area contributed by atoms with Gasteiger partial charge in [0, 0.05) is 10.9 Å². The van der Waals surface area contributed by atoms with Crippen molar-refractivity contribution in [2.24, 2.45) is 0 Å². The highest BCUT2D eigenvalue weighted by Gasteiger charge is 2.19. The monoisotopic (exact) mass is 387 g/mol. The summed E-state index contributed by atoms with van der Waals surface area (Å²) in [5, 5.41) is 7.32. The van der Waals surface area contributed by atoms with Crippen molar-refractivity contribution < 1.29 is 18.3 Å². The van der Waals surface area contributed by atoms with Crippen molar-refractivity contribution in [3.63, 3.8) is 0 Å². The number of nitrogens with one attached hydrogen (secondary N) is 1. The first kappa shape index (κ1) is 19.5. The van der Waals surface area contributed by atoms with Crippen LogP contribution in [0.15, 0.2) is 59.5 Å². The fourth-order valence-electron chi connectivity index (χ4n) is 3.03. The van der Waals surface area contributed by atoms with Gasteiger partial charge in [0.15, 0.2) is 0 Å². The number of hydrogen-bond acceptors (Lipinski definition) is 4. The summed E-state index contributed by atoms with van der Waals surface area (Å²) in [7, 11) is 0. The highest BCUT2D eigenvalue weighted by Crippen LogP contribution is 2.28. The number of nitrogens with zero attached hydrogens (tertiary/aromatic N) is 2. The van der Waals surface area contributed by atoms with E-state index in [9.17, 15) is 18.4 Å². The Morgan fingerprint density at radius 3 is 2.64 bits per heavy atom. The predicted octanol–water partition coefficient (Wildman–Crippen LogP) is 3.27. The van der Waals surface area contributed by atoms with E-state index in [1.165, 1.54) is 16.9 Å². The van der Waals surface area contributed by atoms with Gasteiger partial charge in [-0.05, 0) is 24.6 Å². The summed E-state index contributed by atoms with van der Waals surface area (Å²) >= 11 is 0. The Morgan fingerprint density at radius 1 is 1.18 bits per heavy atom. The number of aromatic nitrogens is 2. The van der Waals surface area contributed by atoms with Gasteiger partial charge < -0.3 is 10.1 Å². The molecule has 146 valence electrons. The Bertz CT molecular complexity index is 1040. The molecule has 1 amide bonds. The van der Waals surface area contributed by atoms with Crippen LogP contribution in [0.1, 0.15) is 24.9 Å². The van der Waals surface area contributed by atoms with Crippen molar-refractivity contribution in [3.05, 3.63) is 70.5 Å². The van der Waals surface area contributed by atoms with Gasteiger partial charge in [0.1, 0.15) is 12.3 Å². The molecule has 0 saturated heterocycles. The lowest BCUT2D eigenvalue weighted by Crippen LogP contribution is -2.32. The molecule has 0 bridgehead atoms. The van der Waals surface area contributed by atoms with Gasteiger partial charge in [-0.1, -0.05) is 37.3 Å². The lowest BCUT2D eigenvalue weighted by Gasteiger charge is -2.21. The number of ether oxygens (including phenoxy) is 1. The lowest BCUT2D eigenvalue weighted by molar-refractivity contribution is -0.122. The fourth-order valence-corrected chi connectivity index (χ4v) is 3.03. The molecule has 8 heteroatoms. The van der Waals surface area contributed by atoms with Crippen molar-refractivity contribution in [1.29, 1.82) is 0 Å². The molecule has 0 aliphatic rings. The van der Waals surface area contributed by atoms with Gasteiger partial charge in [-0.15, -0.1) is 0 Å². The Morgan fingerprint density at radius 2 is 1.89 bits per heavy atom. The van der Waals surface area contributed by atoms with Gasteiger partial charge in [-0.25, -0.2) is 0 Å². The predicted molar refractivity (Wildman–Crippen MR) is 100 cm³/mol. The van der Waals surface area contributed by atoms with Gasteiger partial charge in [0.25, 0.3) is 0 Å². The minimum absolute atomic E-state index is 0.0246.